The first-order valence-corrected chi connectivity index (χ1v) is 11.2. The van der Waals surface area contributed by atoms with Gasteiger partial charge in [0.1, 0.15) is 0 Å². The summed E-state index contributed by atoms with van der Waals surface area (Å²) in [5.74, 6) is -0.855. The van der Waals surface area contributed by atoms with Gasteiger partial charge in [-0.15, -0.1) is 0 Å². The van der Waals surface area contributed by atoms with Crippen molar-refractivity contribution in [2.24, 2.45) is 0 Å². The van der Waals surface area contributed by atoms with Crippen LogP contribution in [0.3, 0.4) is 0 Å². The van der Waals surface area contributed by atoms with Crippen LogP contribution in [0, 0.1) is 0 Å². The molecular weight excluding hydrogens is 356 g/mol. The van der Waals surface area contributed by atoms with Crippen LogP contribution in [-0.2, 0) is 18.9 Å². The van der Waals surface area contributed by atoms with Crippen LogP contribution in [0.15, 0.2) is 0 Å². The van der Waals surface area contributed by atoms with Crippen LogP contribution in [0.5, 0.6) is 0 Å². The van der Waals surface area contributed by atoms with Crippen molar-refractivity contribution in [3.05, 3.63) is 0 Å². The van der Waals surface area contributed by atoms with Crippen LogP contribution in [0.25, 0.3) is 0 Å². The van der Waals surface area contributed by atoms with Crippen LogP contribution >= 0.6 is 0 Å². The number of hydrogen-bond acceptors (Lipinski definition) is 6. The molecule has 0 saturated carbocycles. The number of piperazine rings is 1. The molecule has 0 amide bonds. The Hall–Kier alpha value is -0.240. The summed E-state index contributed by atoms with van der Waals surface area (Å²) in [6.07, 6.45) is 8.36. The molecule has 6 nitrogen and oxygen atoms in total. The SMILES string of the molecule is CCCCC(CCN1CCN(CCC(CCCC)(OC)OC)CC1)(OC)OC. The van der Waals surface area contributed by atoms with Gasteiger partial charge in [-0.2, -0.15) is 0 Å². The molecule has 168 valence electrons. The van der Waals surface area contributed by atoms with Crippen molar-refractivity contribution in [1.82, 2.24) is 9.80 Å². The molecule has 0 N–H and O–H groups in total. The first kappa shape index (κ1) is 25.8. The largest absolute Gasteiger partial charge is 0.353 e. The molecule has 1 fully saturated rings. The Morgan fingerprint density at radius 1 is 0.571 bits per heavy atom. The Morgan fingerprint density at radius 3 is 1.14 bits per heavy atom. The molecule has 1 rings (SSSR count). The van der Waals surface area contributed by atoms with Gasteiger partial charge in [-0.3, -0.25) is 0 Å². The molecule has 0 aliphatic carbocycles. The molecule has 0 bridgehead atoms. The minimum atomic E-state index is -0.428. The topological polar surface area (TPSA) is 43.4 Å². The van der Waals surface area contributed by atoms with Crippen molar-refractivity contribution >= 4 is 0 Å². The van der Waals surface area contributed by atoms with Crippen LogP contribution < -0.4 is 0 Å². The minimum Gasteiger partial charge on any atom is -0.353 e. The Balaban J connectivity index is 2.39. The lowest BCUT2D eigenvalue weighted by molar-refractivity contribution is -0.219. The van der Waals surface area contributed by atoms with E-state index in [-0.39, 0.29) is 0 Å². The summed E-state index contributed by atoms with van der Waals surface area (Å²) >= 11 is 0. The molecular formula is C22H46N2O4. The van der Waals surface area contributed by atoms with E-state index in [1.807, 2.05) is 0 Å². The maximum atomic E-state index is 5.75. The second-order valence-corrected chi connectivity index (χ2v) is 8.03. The van der Waals surface area contributed by atoms with Crippen LogP contribution in [0.2, 0.25) is 0 Å². The van der Waals surface area contributed by atoms with E-state index in [9.17, 15) is 0 Å². The Labute approximate surface area is 173 Å². The second-order valence-electron chi connectivity index (χ2n) is 8.03. The molecule has 0 radical (unpaired) electrons. The number of hydrogen-bond donors (Lipinski definition) is 0. The van der Waals surface area contributed by atoms with E-state index in [0.717, 1.165) is 90.6 Å². The monoisotopic (exact) mass is 402 g/mol. The van der Waals surface area contributed by atoms with Gasteiger partial charge in [0.05, 0.1) is 0 Å². The zero-order valence-electron chi connectivity index (χ0n) is 19.4. The van der Waals surface area contributed by atoms with Crippen LogP contribution in [0.1, 0.15) is 65.2 Å². The molecule has 1 saturated heterocycles. The number of unbranched alkanes of at least 4 members (excludes halogenated alkanes) is 2. The molecule has 0 unspecified atom stereocenters. The molecule has 28 heavy (non-hydrogen) atoms. The maximum absolute atomic E-state index is 5.75. The summed E-state index contributed by atoms with van der Waals surface area (Å²) < 4.78 is 23.0. The highest BCUT2D eigenvalue weighted by atomic mass is 16.7. The van der Waals surface area contributed by atoms with Gasteiger partial charge in [-0.1, -0.05) is 26.7 Å². The van der Waals surface area contributed by atoms with E-state index >= 15 is 0 Å². The van der Waals surface area contributed by atoms with E-state index in [0.29, 0.717) is 0 Å². The molecule has 6 heteroatoms. The maximum Gasteiger partial charge on any atom is 0.168 e. The standard InChI is InChI=1S/C22H46N2O4/c1-7-9-11-21(25-3,26-4)13-15-23-17-19-24(20-18-23)16-14-22(27-5,28-6)12-10-8-2/h7-20H2,1-6H3. The van der Waals surface area contributed by atoms with E-state index in [4.69, 9.17) is 18.9 Å². The molecule has 0 aromatic rings. The predicted octanol–water partition coefficient (Wildman–Crippen LogP) is 3.74. The highest BCUT2D eigenvalue weighted by Gasteiger charge is 2.32. The van der Waals surface area contributed by atoms with E-state index < -0.39 is 11.6 Å². The lowest BCUT2D eigenvalue weighted by atomic mass is 10.0. The first-order valence-electron chi connectivity index (χ1n) is 11.2. The van der Waals surface area contributed by atoms with Crippen LogP contribution in [-0.4, -0.2) is 89.1 Å². The summed E-state index contributed by atoms with van der Waals surface area (Å²) in [7, 11) is 7.09. The fourth-order valence-corrected chi connectivity index (χ4v) is 4.02. The van der Waals surface area contributed by atoms with Gasteiger partial charge in [0.2, 0.25) is 0 Å². The fourth-order valence-electron chi connectivity index (χ4n) is 4.02. The highest BCUT2D eigenvalue weighted by molar-refractivity contribution is 4.78. The van der Waals surface area contributed by atoms with Crippen molar-refractivity contribution in [3.63, 3.8) is 0 Å². The molecule has 0 spiro atoms. The Kier molecular flexibility index (Phi) is 12.8. The minimum absolute atomic E-state index is 0.428. The Morgan fingerprint density at radius 2 is 0.893 bits per heavy atom. The zero-order valence-corrected chi connectivity index (χ0v) is 19.4. The van der Waals surface area contributed by atoms with Crippen molar-refractivity contribution in [3.8, 4) is 0 Å². The third-order valence-electron chi connectivity index (χ3n) is 6.39. The number of ether oxygens (including phenoxy) is 4. The fraction of sp³-hybridized carbons (Fsp3) is 1.00. The van der Waals surface area contributed by atoms with E-state index in [1.54, 1.807) is 28.4 Å². The summed E-state index contributed by atoms with van der Waals surface area (Å²) in [5, 5.41) is 0. The Bertz CT molecular complexity index is 343. The van der Waals surface area contributed by atoms with Crippen molar-refractivity contribution in [2.45, 2.75) is 76.8 Å². The van der Waals surface area contributed by atoms with Gasteiger partial charge < -0.3 is 28.7 Å². The normalized spacial score (nSPS) is 17.4. The summed E-state index contributed by atoms with van der Waals surface area (Å²) in [6, 6.07) is 0. The van der Waals surface area contributed by atoms with Gasteiger partial charge in [-0.25, -0.2) is 0 Å². The van der Waals surface area contributed by atoms with Gasteiger partial charge in [-0.05, 0) is 12.8 Å². The summed E-state index contributed by atoms with van der Waals surface area (Å²) in [4.78, 5) is 5.07. The average Bonchev–Trinajstić information content (AvgIpc) is 2.76. The molecule has 1 heterocycles. The van der Waals surface area contributed by atoms with Crippen LogP contribution in [0.4, 0.5) is 0 Å². The van der Waals surface area contributed by atoms with Gasteiger partial charge >= 0.3 is 0 Å². The van der Waals surface area contributed by atoms with Gasteiger partial charge in [0.25, 0.3) is 0 Å². The molecule has 0 atom stereocenters. The molecule has 1 aliphatic rings. The van der Waals surface area contributed by atoms with Gasteiger partial charge in [0.15, 0.2) is 11.6 Å². The number of methoxy groups -OCH3 is 4. The third kappa shape index (κ3) is 8.25. The van der Waals surface area contributed by atoms with Crippen molar-refractivity contribution < 1.29 is 18.9 Å². The van der Waals surface area contributed by atoms with Crippen molar-refractivity contribution in [2.75, 3.05) is 67.7 Å². The number of nitrogens with zero attached hydrogens (tertiary/aromatic N) is 2. The predicted molar refractivity (Wildman–Crippen MR) is 115 cm³/mol. The summed E-state index contributed by atoms with van der Waals surface area (Å²) in [6.45, 7) is 10.8. The third-order valence-corrected chi connectivity index (χ3v) is 6.39. The average molecular weight is 403 g/mol. The lowest BCUT2D eigenvalue weighted by Crippen LogP contribution is -2.49. The van der Waals surface area contributed by atoms with Crippen molar-refractivity contribution in [1.29, 1.82) is 0 Å². The molecule has 0 aromatic carbocycles. The molecule has 0 aromatic heterocycles. The van der Waals surface area contributed by atoms with E-state index in [1.165, 1.54) is 0 Å². The lowest BCUT2D eigenvalue weighted by Gasteiger charge is -2.39. The van der Waals surface area contributed by atoms with E-state index in [2.05, 4.69) is 23.6 Å². The number of rotatable bonds is 16. The van der Waals surface area contributed by atoms with Gasteiger partial charge in [0, 0.05) is 93.4 Å². The zero-order chi connectivity index (χ0) is 20.9. The second kappa shape index (κ2) is 13.9. The first-order chi connectivity index (χ1) is 13.5. The summed E-state index contributed by atoms with van der Waals surface area (Å²) in [5.41, 5.74) is 0. The quantitative estimate of drug-likeness (QED) is 0.366. The highest BCUT2D eigenvalue weighted by Crippen LogP contribution is 2.26. The molecule has 1 aliphatic heterocycles. The smallest absolute Gasteiger partial charge is 0.168 e.